The van der Waals surface area contributed by atoms with Crippen molar-refractivity contribution >= 4 is 23.4 Å². The molecule has 0 saturated carbocycles. The van der Waals surface area contributed by atoms with E-state index in [0.29, 0.717) is 29.1 Å². The lowest BCUT2D eigenvalue weighted by molar-refractivity contribution is 0.0988. The maximum atomic E-state index is 14.5. The summed E-state index contributed by atoms with van der Waals surface area (Å²) in [6.07, 6.45) is 1.72. The zero-order chi connectivity index (χ0) is 18.7. The van der Waals surface area contributed by atoms with Crippen molar-refractivity contribution in [1.82, 2.24) is 4.98 Å². The van der Waals surface area contributed by atoms with Crippen LogP contribution in [0, 0.1) is 11.6 Å². The minimum Gasteiger partial charge on any atom is -0.387 e. The number of aromatic nitrogens is 1. The highest BCUT2D eigenvalue weighted by molar-refractivity contribution is 7.99. The molecule has 0 bridgehead atoms. The maximum absolute atomic E-state index is 14.5. The fourth-order valence-electron chi connectivity index (χ4n) is 2.96. The van der Waals surface area contributed by atoms with E-state index in [-0.39, 0.29) is 23.7 Å². The van der Waals surface area contributed by atoms with E-state index in [1.54, 1.807) is 23.9 Å². The molecule has 0 saturated heterocycles. The first-order chi connectivity index (χ1) is 12.4. The summed E-state index contributed by atoms with van der Waals surface area (Å²) >= 11 is 1.67. The second-order valence-corrected chi connectivity index (χ2v) is 7.56. The van der Waals surface area contributed by atoms with E-state index >= 15 is 0 Å². The van der Waals surface area contributed by atoms with E-state index in [2.05, 4.69) is 9.98 Å². The van der Waals surface area contributed by atoms with Crippen molar-refractivity contribution in [3.8, 4) is 0 Å². The van der Waals surface area contributed by atoms with Gasteiger partial charge in [-0.3, -0.25) is 14.8 Å². The Morgan fingerprint density at radius 3 is 2.85 bits per heavy atom. The number of hydrogen-bond acceptors (Lipinski definition) is 5. The van der Waals surface area contributed by atoms with Gasteiger partial charge in [-0.1, -0.05) is 6.07 Å². The number of pyridine rings is 1. The molecule has 1 aromatic heterocycles. The summed E-state index contributed by atoms with van der Waals surface area (Å²) in [6, 6.07) is 7.13. The summed E-state index contributed by atoms with van der Waals surface area (Å²) in [4.78, 5) is 20.7. The molecule has 2 heterocycles. The van der Waals surface area contributed by atoms with Crippen LogP contribution in [0.3, 0.4) is 0 Å². The van der Waals surface area contributed by atoms with Crippen LogP contribution in [0.4, 0.5) is 8.78 Å². The third-order valence-electron chi connectivity index (χ3n) is 4.36. The van der Waals surface area contributed by atoms with Gasteiger partial charge in [-0.25, -0.2) is 8.78 Å². The summed E-state index contributed by atoms with van der Waals surface area (Å²) in [6.45, 7) is 1.86. The van der Waals surface area contributed by atoms with E-state index in [4.69, 9.17) is 5.73 Å². The first kappa shape index (κ1) is 18.5. The highest BCUT2D eigenvalue weighted by Gasteiger charge is 2.31. The Hall–Kier alpha value is -2.28. The summed E-state index contributed by atoms with van der Waals surface area (Å²) in [7, 11) is 0. The Balaban J connectivity index is 1.89. The number of hydrogen-bond donors (Lipinski definition) is 1. The molecule has 136 valence electrons. The van der Waals surface area contributed by atoms with Crippen LogP contribution in [0.15, 0.2) is 41.5 Å². The number of nitrogens with zero attached hydrogens (tertiary/aromatic N) is 2. The van der Waals surface area contributed by atoms with Crippen LogP contribution in [0.25, 0.3) is 0 Å². The van der Waals surface area contributed by atoms with Crippen molar-refractivity contribution in [2.45, 2.75) is 25.3 Å². The minimum absolute atomic E-state index is 0.0515. The second kappa shape index (κ2) is 7.53. The number of ketones is 1. The molecule has 26 heavy (non-hydrogen) atoms. The first-order valence-corrected chi connectivity index (χ1v) is 9.38. The monoisotopic (exact) mass is 375 g/mol. The second-order valence-electron chi connectivity index (χ2n) is 6.46. The molecule has 1 atom stereocenters. The Labute approximate surface area is 154 Å². The number of Topliss-reactive ketones (excluding diaryl/α,β-unsaturated/α-hetero) is 1. The quantitative estimate of drug-likeness (QED) is 0.831. The van der Waals surface area contributed by atoms with Gasteiger partial charge in [-0.15, -0.1) is 0 Å². The zero-order valence-corrected chi connectivity index (χ0v) is 15.2. The van der Waals surface area contributed by atoms with E-state index < -0.39 is 11.4 Å². The molecule has 7 heteroatoms. The largest absolute Gasteiger partial charge is 0.387 e. The third kappa shape index (κ3) is 4.09. The number of rotatable bonds is 4. The van der Waals surface area contributed by atoms with E-state index in [0.717, 1.165) is 11.9 Å². The maximum Gasteiger partial charge on any atom is 0.185 e. The van der Waals surface area contributed by atoms with Gasteiger partial charge in [0, 0.05) is 12.0 Å². The van der Waals surface area contributed by atoms with Crippen molar-refractivity contribution in [3.63, 3.8) is 0 Å². The van der Waals surface area contributed by atoms with Crippen LogP contribution in [0.1, 0.15) is 35.0 Å². The number of nitrogens with two attached hydrogens (primary N) is 1. The predicted molar refractivity (Wildman–Crippen MR) is 99.5 cm³/mol. The van der Waals surface area contributed by atoms with Gasteiger partial charge in [0.05, 0.1) is 17.5 Å². The summed E-state index contributed by atoms with van der Waals surface area (Å²) < 4.78 is 27.5. The van der Waals surface area contributed by atoms with Gasteiger partial charge < -0.3 is 5.73 Å². The molecular weight excluding hydrogens is 356 g/mol. The highest BCUT2D eigenvalue weighted by atomic mass is 32.2. The molecule has 0 spiro atoms. The van der Waals surface area contributed by atoms with Gasteiger partial charge in [0.1, 0.15) is 23.2 Å². The minimum atomic E-state index is -0.759. The number of thioether (sulfide) groups is 1. The molecule has 1 aliphatic rings. The topological polar surface area (TPSA) is 68.3 Å². The number of aliphatic imine (C=N–C) groups is 1. The summed E-state index contributed by atoms with van der Waals surface area (Å²) in [5, 5.41) is 0. The van der Waals surface area contributed by atoms with Gasteiger partial charge in [0.2, 0.25) is 0 Å². The third-order valence-corrected chi connectivity index (χ3v) is 5.35. The zero-order valence-electron chi connectivity index (χ0n) is 14.3. The molecule has 2 N–H and O–H groups in total. The molecule has 1 aromatic carbocycles. The molecule has 3 rings (SSSR count). The molecule has 0 amide bonds. The van der Waals surface area contributed by atoms with Gasteiger partial charge in [0.25, 0.3) is 0 Å². The van der Waals surface area contributed by atoms with Crippen molar-refractivity contribution in [2.75, 3.05) is 11.5 Å². The Kier molecular flexibility index (Phi) is 5.36. The van der Waals surface area contributed by atoms with E-state index in [1.807, 2.05) is 6.92 Å². The summed E-state index contributed by atoms with van der Waals surface area (Å²) in [5.74, 6) is 0.819. The van der Waals surface area contributed by atoms with Crippen molar-refractivity contribution in [1.29, 1.82) is 0 Å². The van der Waals surface area contributed by atoms with Gasteiger partial charge in [0.15, 0.2) is 5.78 Å². The van der Waals surface area contributed by atoms with Gasteiger partial charge in [-0.05, 0) is 48.9 Å². The van der Waals surface area contributed by atoms with Crippen LogP contribution >= 0.6 is 11.8 Å². The highest BCUT2D eigenvalue weighted by Crippen LogP contribution is 2.35. The van der Waals surface area contributed by atoms with Crippen molar-refractivity contribution in [2.24, 2.45) is 10.7 Å². The summed E-state index contributed by atoms with van der Waals surface area (Å²) in [5.41, 5.74) is 6.42. The lowest BCUT2D eigenvalue weighted by atomic mass is 9.87. The SMILES string of the molecule is C[C@@]1(c2cc(CC(=O)c3ccc(F)cn3)ccc2F)CCSCC(N)=N1. The number of carbonyl (C=O) groups is 1. The molecule has 0 unspecified atom stereocenters. The number of amidine groups is 1. The fraction of sp³-hybridized carbons (Fsp3) is 0.316. The lowest BCUT2D eigenvalue weighted by Gasteiger charge is -2.26. The Bertz CT molecular complexity index is 854. The number of carbonyl (C=O) groups excluding carboxylic acids is 1. The van der Waals surface area contributed by atoms with Crippen molar-refractivity contribution < 1.29 is 13.6 Å². The Morgan fingerprint density at radius 1 is 1.31 bits per heavy atom. The molecule has 0 fully saturated rings. The van der Waals surface area contributed by atoms with Crippen molar-refractivity contribution in [3.05, 3.63) is 65.0 Å². The molecule has 0 radical (unpaired) electrons. The number of benzene rings is 1. The molecule has 2 aromatic rings. The number of halogens is 2. The average molecular weight is 375 g/mol. The van der Waals surface area contributed by atoms with E-state index in [9.17, 15) is 13.6 Å². The molecule has 1 aliphatic heterocycles. The van der Waals surface area contributed by atoms with Crippen LogP contribution in [-0.2, 0) is 12.0 Å². The first-order valence-electron chi connectivity index (χ1n) is 8.23. The normalized spacial score (nSPS) is 20.3. The van der Waals surface area contributed by atoms with Gasteiger partial charge >= 0.3 is 0 Å². The average Bonchev–Trinajstić information content (AvgIpc) is 2.78. The lowest BCUT2D eigenvalue weighted by Crippen LogP contribution is -2.25. The predicted octanol–water partition coefficient (Wildman–Crippen LogP) is 3.49. The smallest absolute Gasteiger partial charge is 0.185 e. The molecular formula is C19H19F2N3OS. The molecule has 4 nitrogen and oxygen atoms in total. The van der Waals surface area contributed by atoms with E-state index in [1.165, 1.54) is 18.2 Å². The standard InChI is InChI=1S/C19H19F2N3OS/c1-19(6-7-26-11-18(22)24-19)14-8-12(2-4-15(14)21)9-17(25)16-5-3-13(20)10-23-16/h2-5,8,10H,6-7,9,11H2,1H3,(H2,22,24)/t19-/m0/s1. The fourth-order valence-corrected chi connectivity index (χ4v) is 3.92. The van der Waals surface area contributed by atoms with Gasteiger partial charge in [-0.2, -0.15) is 11.8 Å². The van der Waals surface area contributed by atoms with Crippen LogP contribution < -0.4 is 5.73 Å². The molecule has 0 aliphatic carbocycles. The Morgan fingerprint density at radius 2 is 2.12 bits per heavy atom. The van der Waals surface area contributed by atoms with Crippen LogP contribution in [0.2, 0.25) is 0 Å². The van der Waals surface area contributed by atoms with Crippen LogP contribution in [-0.4, -0.2) is 28.1 Å². The van der Waals surface area contributed by atoms with Crippen LogP contribution in [0.5, 0.6) is 0 Å².